The molecule has 3 rings (SSSR count). The predicted octanol–water partition coefficient (Wildman–Crippen LogP) is 1.02. The first kappa shape index (κ1) is 19.1. The van der Waals surface area contributed by atoms with Crippen molar-refractivity contribution >= 4 is 21.6 Å². The van der Waals surface area contributed by atoms with E-state index in [2.05, 4.69) is 11.9 Å². The molecule has 2 fully saturated rings. The molecule has 8 heteroatoms. The van der Waals surface area contributed by atoms with Gasteiger partial charge in [-0.2, -0.15) is 0 Å². The molecule has 2 heterocycles. The summed E-state index contributed by atoms with van der Waals surface area (Å²) < 4.78 is 30.0. The second kappa shape index (κ2) is 7.17. The first-order valence-corrected chi connectivity index (χ1v) is 10.7. The molecule has 0 unspecified atom stereocenters. The SMILES string of the molecule is CN1CCN(C(=O)c2ccc(N(C)S(C)(=O)=O)cc2)CC12CCOCC2. The molecule has 2 aliphatic heterocycles. The minimum atomic E-state index is -3.31. The number of hydrogen-bond acceptors (Lipinski definition) is 5. The molecular formula is C18H27N3O4S. The van der Waals surface area contributed by atoms with E-state index in [1.165, 1.54) is 11.4 Å². The monoisotopic (exact) mass is 381 g/mol. The predicted molar refractivity (Wildman–Crippen MR) is 101 cm³/mol. The molecular weight excluding hydrogens is 354 g/mol. The first-order valence-electron chi connectivity index (χ1n) is 8.85. The van der Waals surface area contributed by atoms with Gasteiger partial charge in [0, 0.05) is 51.0 Å². The fourth-order valence-electron chi connectivity index (χ4n) is 3.72. The van der Waals surface area contributed by atoms with Crippen molar-refractivity contribution in [2.75, 3.05) is 57.5 Å². The second-order valence-corrected chi connectivity index (χ2v) is 9.28. The summed E-state index contributed by atoms with van der Waals surface area (Å²) in [7, 11) is 0.316. The summed E-state index contributed by atoms with van der Waals surface area (Å²) in [6.45, 7) is 3.72. The molecule has 2 saturated heterocycles. The zero-order chi connectivity index (χ0) is 18.9. The average Bonchev–Trinajstić information content (AvgIpc) is 2.63. The van der Waals surface area contributed by atoms with Crippen LogP contribution in [0.1, 0.15) is 23.2 Å². The lowest BCUT2D eigenvalue weighted by Gasteiger charge is -2.51. The van der Waals surface area contributed by atoms with Gasteiger partial charge in [-0.1, -0.05) is 0 Å². The summed E-state index contributed by atoms with van der Waals surface area (Å²) in [5, 5.41) is 0. The lowest BCUT2D eigenvalue weighted by atomic mass is 9.85. The van der Waals surface area contributed by atoms with E-state index in [1.807, 2.05) is 4.90 Å². The molecule has 1 aromatic carbocycles. The number of carbonyl (C=O) groups excluding carboxylic acids is 1. The van der Waals surface area contributed by atoms with Crippen molar-refractivity contribution < 1.29 is 17.9 Å². The third-order valence-electron chi connectivity index (χ3n) is 5.69. The van der Waals surface area contributed by atoms with Gasteiger partial charge in [0.05, 0.1) is 11.9 Å². The van der Waals surface area contributed by atoms with E-state index in [9.17, 15) is 13.2 Å². The number of benzene rings is 1. The molecule has 0 N–H and O–H groups in total. The van der Waals surface area contributed by atoms with Gasteiger partial charge in [0.1, 0.15) is 0 Å². The lowest BCUT2D eigenvalue weighted by Crippen LogP contribution is -2.63. The zero-order valence-electron chi connectivity index (χ0n) is 15.6. The fourth-order valence-corrected chi connectivity index (χ4v) is 4.22. The number of piperazine rings is 1. The molecule has 144 valence electrons. The molecule has 26 heavy (non-hydrogen) atoms. The Balaban J connectivity index is 1.75. The van der Waals surface area contributed by atoms with Gasteiger partial charge < -0.3 is 9.64 Å². The Bertz CT molecular complexity index is 757. The van der Waals surface area contributed by atoms with Crippen LogP contribution in [0.3, 0.4) is 0 Å². The van der Waals surface area contributed by atoms with Crippen LogP contribution in [0.15, 0.2) is 24.3 Å². The van der Waals surface area contributed by atoms with Crippen LogP contribution in [-0.2, 0) is 14.8 Å². The Kier molecular flexibility index (Phi) is 5.28. The standard InChI is InChI=1S/C18H27N3O4S/c1-19-10-11-21(14-18(19)8-12-25-13-9-18)17(22)15-4-6-16(7-5-15)20(2)26(3,23)24/h4-7H,8-14H2,1-3H3. The number of rotatable bonds is 3. The van der Waals surface area contributed by atoms with Crippen molar-refractivity contribution in [1.82, 2.24) is 9.80 Å². The number of likely N-dealkylation sites (N-methyl/N-ethyl adjacent to an activating group) is 1. The van der Waals surface area contributed by atoms with E-state index in [1.54, 1.807) is 24.3 Å². The third kappa shape index (κ3) is 3.72. The van der Waals surface area contributed by atoms with Gasteiger partial charge in [0.25, 0.3) is 5.91 Å². The summed E-state index contributed by atoms with van der Waals surface area (Å²) in [4.78, 5) is 17.2. The smallest absolute Gasteiger partial charge is 0.253 e. The highest BCUT2D eigenvalue weighted by Crippen LogP contribution is 2.31. The summed E-state index contributed by atoms with van der Waals surface area (Å²) in [5.74, 6) is -0.00229. The molecule has 0 saturated carbocycles. The molecule has 0 atom stereocenters. The molecule has 0 bridgehead atoms. The minimum absolute atomic E-state index is 0.00229. The Morgan fingerprint density at radius 1 is 1.15 bits per heavy atom. The summed E-state index contributed by atoms with van der Waals surface area (Å²) >= 11 is 0. The largest absolute Gasteiger partial charge is 0.381 e. The number of carbonyl (C=O) groups is 1. The Morgan fingerprint density at radius 3 is 2.35 bits per heavy atom. The van der Waals surface area contributed by atoms with Crippen molar-refractivity contribution in [3.63, 3.8) is 0 Å². The van der Waals surface area contributed by atoms with Crippen molar-refractivity contribution in [1.29, 1.82) is 0 Å². The van der Waals surface area contributed by atoms with Crippen LogP contribution >= 0.6 is 0 Å². The maximum absolute atomic E-state index is 13.0. The second-order valence-electron chi connectivity index (χ2n) is 7.26. The van der Waals surface area contributed by atoms with E-state index in [-0.39, 0.29) is 11.4 Å². The summed E-state index contributed by atoms with van der Waals surface area (Å²) in [6.07, 6.45) is 3.03. The third-order valence-corrected chi connectivity index (χ3v) is 6.89. The molecule has 7 nitrogen and oxygen atoms in total. The fraction of sp³-hybridized carbons (Fsp3) is 0.611. The van der Waals surface area contributed by atoms with Crippen LogP contribution in [-0.4, -0.2) is 82.9 Å². The lowest BCUT2D eigenvalue weighted by molar-refractivity contribution is -0.0543. The molecule has 0 radical (unpaired) electrons. The molecule has 1 amide bonds. The number of amides is 1. The van der Waals surface area contributed by atoms with Gasteiger partial charge >= 0.3 is 0 Å². The van der Waals surface area contributed by atoms with Gasteiger partial charge in [0.15, 0.2) is 0 Å². The van der Waals surface area contributed by atoms with Gasteiger partial charge in [-0.05, 0) is 44.2 Å². The number of anilines is 1. The normalized spacial score (nSPS) is 21.0. The average molecular weight is 381 g/mol. The molecule has 0 aromatic heterocycles. The first-order chi connectivity index (χ1) is 12.2. The van der Waals surface area contributed by atoms with Crippen molar-refractivity contribution in [3.05, 3.63) is 29.8 Å². The van der Waals surface area contributed by atoms with Crippen LogP contribution in [0.5, 0.6) is 0 Å². The van der Waals surface area contributed by atoms with E-state index < -0.39 is 10.0 Å². The minimum Gasteiger partial charge on any atom is -0.381 e. The number of ether oxygens (including phenoxy) is 1. The molecule has 0 aliphatic carbocycles. The Morgan fingerprint density at radius 2 is 1.77 bits per heavy atom. The van der Waals surface area contributed by atoms with Crippen LogP contribution in [0.25, 0.3) is 0 Å². The maximum atomic E-state index is 13.0. The van der Waals surface area contributed by atoms with Gasteiger partial charge in [-0.3, -0.25) is 14.0 Å². The van der Waals surface area contributed by atoms with Gasteiger partial charge in [-0.25, -0.2) is 8.42 Å². The highest BCUT2D eigenvalue weighted by atomic mass is 32.2. The molecule has 2 aliphatic rings. The summed E-state index contributed by atoms with van der Waals surface area (Å²) in [5.41, 5.74) is 1.13. The van der Waals surface area contributed by atoms with Crippen LogP contribution in [0.4, 0.5) is 5.69 Å². The number of hydrogen-bond donors (Lipinski definition) is 0. The Hall–Kier alpha value is -1.64. The van der Waals surface area contributed by atoms with Crippen LogP contribution < -0.4 is 4.31 Å². The number of sulfonamides is 1. The van der Waals surface area contributed by atoms with Crippen molar-refractivity contribution in [3.8, 4) is 0 Å². The van der Waals surface area contributed by atoms with E-state index >= 15 is 0 Å². The van der Waals surface area contributed by atoms with E-state index in [0.29, 0.717) is 24.3 Å². The van der Waals surface area contributed by atoms with Crippen LogP contribution in [0.2, 0.25) is 0 Å². The van der Waals surface area contributed by atoms with Crippen molar-refractivity contribution in [2.45, 2.75) is 18.4 Å². The van der Waals surface area contributed by atoms with Gasteiger partial charge in [-0.15, -0.1) is 0 Å². The highest BCUT2D eigenvalue weighted by molar-refractivity contribution is 7.92. The van der Waals surface area contributed by atoms with Crippen LogP contribution in [0, 0.1) is 0 Å². The Labute approximate surface area is 155 Å². The maximum Gasteiger partial charge on any atom is 0.253 e. The van der Waals surface area contributed by atoms with E-state index in [0.717, 1.165) is 38.9 Å². The zero-order valence-corrected chi connectivity index (χ0v) is 16.5. The summed E-state index contributed by atoms with van der Waals surface area (Å²) in [6, 6.07) is 6.76. The van der Waals surface area contributed by atoms with Gasteiger partial charge in [0.2, 0.25) is 10.0 Å². The number of nitrogens with zero attached hydrogens (tertiary/aromatic N) is 3. The quantitative estimate of drug-likeness (QED) is 0.782. The highest BCUT2D eigenvalue weighted by Gasteiger charge is 2.42. The molecule has 1 spiro atoms. The van der Waals surface area contributed by atoms with E-state index in [4.69, 9.17) is 4.74 Å². The topological polar surface area (TPSA) is 70.2 Å². The van der Waals surface area contributed by atoms with Crippen molar-refractivity contribution in [2.24, 2.45) is 0 Å². The molecule has 1 aromatic rings.